The fraction of sp³-hybridized carbons (Fsp3) is 0.933. The number of amides is 1. The lowest BCUT2D eigenvalue weighted by Gasteiger charge is -2.34. The lowest BCUT2D eigenvalue weighted by atomic mass is 9.84. The molecule has 0 aromatic carbocycles. The Morgan fingerprint density at radius 2 is 1.95 bits per heavy atom. The molecular formula is C15H27N3O. The number of hydrogen-bond acceptors (Lipinski definition) is 3. The molecule has 2 heterocycles. The van der Waals surface area contributed by atoms with Gasteiger partial charge in [-0.05, 0) is 38.6 Å². The minimum atomic E-state index is -0.248. The summed E-state index contributed by atoms with van der Waals surface area (Å²) >= 11 is 0. The molecule has 1 saturated carbocycles. The summed E-state index contributed by atoms with van der Waals surface area (Å²) in [5, 5.41) is 3.35. The molecule has 0 aromatic heterocycles. The average Bonchev–Trinajstić information content (AvgIpc) is 3.07. The van der Waals surface area contributed by atoms with Gasteiger partial charge in [0.15, 0.2) is 0 Å². The zero-order valence-corrected chi connectivity index (χ0v) is 11.9. The zero-order valence-electron chi connectivity index (χ0n) is 11.9. The van der Waals surface area contributed by atoms with Crippen LogP contribution in [-0.4, -0.2) is 42.5 Å². The van der Waals surface area contributed by atoms with Gasteiger partial charge in [0.2, 0.25) is 5.91 Å². The van der Waals surface area contributed by atoms with Crippen LogP contribution in [0.5, 0.6) is 0 Å². The Morgan fingerprint density at radius 1 is 1.16 bits per heavy atom. The number of carbonyl (C=O) groups excluding carboxylic acids is 1. The molecule has 108 valence electrons. The highest BCUT2D eigenvalue weighted by atomic mass is 16.2. The number of carbonyl (C=O) groups is 1. The number of nitrogens with one attached hydrogen (secondary N) is 1. The van der Waals surface area contributed by atoms with Crippen molar-refractivity contribution < 1.29 is 4.79 Å². The molecule has 2 aliphatic heterocycles. The first-order valence-corrected chi connectivity index (χ1v) is 8.00. The second-order valence-electron chi connectivity index (χ2n) is 6.66. The van der Waals surface area contributed by atoms with Crippen LogP contribution in [0, 0.1) is 5.41 Å². The molecule has 3 aliphatic rings. The lowest BCUT2D eigenvalue weighted by molar-refractivity contribution is -0.131. The monoisotopic (exact) mass is 265 g/mol. The quantitative estimate of drug-likeness (QED) is 0.807. The molecule has 3 rings (SSSR count). The predicted molar refractivity (Wildman–Crippen MR) is 75.7 cm³/mol. The van der Waals surface area contributed by atoms with E-state index < -0.39 is 0 Å². The summed E-state index contributed by atoms with van der Waals surface area (Å²) in [6, 6.07) is 0.964. The van der Waals surface area contributed by atoms with Crippen molar-refractivity contribution >= 4 is 5.91 Å². The van der Waals surface area contributed by atoms with E-state index in [1.54, 1.807) is 0 Å². The topological polar surface area (TPSA) is 58.4 Å². The Kier molecular flexibility index (Phi) is 3.81. The van der Waals surface area contributed by atoms with Gasteiger partial charge in [0.1, 0.15) is 0 Å². The van der Waals surface area contributed by atoms with Crippen molar-refractivity contribution in [3.05, 3.63) is 0 Å². The Balaban J connectivity index is 1.63. The first-order chi connectivity index (χ1) is 9.25. The van der Waals surface area contributed by atoms with Crippen LogP contribution in [0.15, 0.2) is 0 Å². The third kappa shape index (κ3) is 2.40. The molecule has 0 radical (unpaired) electrons. The van der Waals surface area contributed by atoms with Gasteiger partial charge < -0.3 is 11.1 Å². The van der Waals surface area contributed by atoms with Crippen LogP contribution in [0.2, 0.25) is 0 Å². The Morgan fingerprint density at radius 3 is 2.68 bits per heavy atom. The highest BCUT2D eigenvalue weighted by molar-refractivity contribution is 5.83. The van der Waals surface area contributed by atoms with E-state index in [-0.39, 0.29) is 11.3 Å². The van der Waals surface area contributed by atoms with E-state index in [1.165, 1.54) is 25.8 Å². The number of piperidine rings is 1. The molecule has 0 aromatic rings. The maximum Gasteiger partial charge on any atom is 0.227 e. The summed E-state index contributed by atoms with van der Waals surface area (Å²) in [5.74, 6) is 0.241. The molecule has 4 heteroatoms. The molecule has 4 nitrogen and oxygen atoms in total. The molecule has 2 unspecified atom stereocenters. The number of fused-ring (bicyclic) bond motifs is 1. The van der Waals surface area contributed by atoms with Gasteiger partial charge in [-0.1, -0.05) is 19.3 Å². The van der Waals surface area contributed by atoms with Crippen molar-refractivity contribution in [2.45, 2.75) is 63.5 Å². The second kappa shape index (κ2) is 5.41. The van der Waals surface area contributed by atoms with Gasteiger partial charge in [0, 0.05) is 25.2 Å². The van der Waals surface area contributed by atoms with Crippen molar-refractivity contribution in [2.24, 2.45) is 11.1 Å². The molecule has 19 heavy (non-hydrogen) atoms. The third-order valence-corrected chi connectivity index (χ3v) is 5.61. The van der Waals surface area contributed by atoms with Gasteiger partial charge in [0.05, 0.1) is 5.41 Å². The van der Waals surface area contributed by atoms with Crippen LogP contribution < -0.4 is 11.1 Å². The van der Waals surface area contributed by atoms with Crippen molar-refractivity contribution in [3.8, 4) is 0 Å². The molecule has 1 aliphatic carbocycles. The number of nitrogens with zero attached hydrogens (tertiary/aromatic N) is 1. The van der Waals surface area contributed by atoms with Gasteiger partial charge >= 0.3 is 0 Å². The molecule has 2 saturated heterocycles. The number of rotatable bonds is 3. The van der Waals surface area contributed by atoms with E-state index in [2.05, 4.69) is 10.2 Å². The summed E-state index contributed by atoms with van der Waals surface area (Å²) < 4.78 is 0. The maximum absolute atomic E-state index is 12.6. The lowest BCUT2D eigenvalue weighted by Crippen LogP contribution is -2.52. The Labute approximate surface area is 116 Å². The van der Waals surface area contributed by atoms with Crippen molar-refractivity contribution in [1.29, 1.82) is 0 Å². The van der Waals surface area contributed by atoms with Crippen molar-refractivity contribution in [1.82, 2.24) is 10.2 Å². The standard InChI is InChI=1S/C15H27N3O/c16-11-15(7-2-3-8-15)14(19)17-12-6-10-18-9-4-1-5-13(12)18/h12-13H,1-11,16H2,(H,17,19). The smallest absolute Gasteiger partial charge is 0.227 e. The van der Waals surface area contributed by atoms with Crippen LogP contribution >= 0.6 is 0 Å². The molecule has 0 bridgehead atoms. The molecule has 2 atom stereocenters. The van der Waals surface area contributed by atoms with E-state index in [1.807, 2.05) is 0 Å². The van der Waals surface area contributed by atoms with Crippen LogP contribution in [0.25, 0.3) is 0 Å². The summed E-state index contributed by atoms with van der Waals surface area (Å²) in [6.45, 7) is 2.89. The Hall–Kier alpha value is -0.610. The largest absolute Gasteiger partial charge is 0.351 e. The average molecular weight is 265 g/mol. The van der Waals surface area contributed by atoms with Gasteiger partial charge in [-0.2, -0.15) is 0 Å². The number of hydrogen-bond donors (Lipinski definition) is 2. The van der Waals surface area contributed by atoms with E-state index in [4.69, 9.17) is 5.73 Å². The van der Waals surface area contributed by atoms with E-state index in [0.717, 1.165) is 38.6 Å². The van der Waals surface area contributed by atoms with Crippen molar-refractivity contribution in [2.75, 3.05) is 19.6 Å². The maximum atomic E-state index is 12.6. The molecule has 3 fully saturated rings. The van der Waals surface area contributed by atoms with Gasteiger partial charge in [0.25, 0.3) is 0 Å². The third-order valence-electron chi connectivity index (χ3n) is 5.61. The van der Waals surface area contributed by atoms with E-state index >= 15 is 0 Å². The minimum Gasteiger partial charge on any atom is -0.351 e. The number of nitrogens with two attached hydrogens (primary N) is 1. The van der Waals surface area contributed by atoms with Gasteiger partial charge in [-0.3, -0.25) is 9.69 Å². The van der Waals surface area contributed by atoms with E-state index in [9.17, 15) is 4.79 Å². The molecule has 3 N–H and O–H groups in total. The Bertz CT molecular complexity index is 338. The summed E-state index contributed by atoms with van der Waals surface area (Å²) in [6.07, 6.45) is 9.29. The highest BCUT2D eigenvalue weighted by Gasteiger charge is 2.43. The van der Waals surface area contributed by atoms with Crippen LogP contribution in [-0.2, 0) is 4.79 Å². The SMILES string of the molecule is NCC1(C(=O)NC2CCN3CCCCC23)CCCC1. The molecule has 1 amide bonds. The van der Waals surface area contributed by atoms with Crippen molar-refractivity contribution in [3.63, 3.8) is 0 Å². The highest BCUT2D eigenvalue weighted by Crippen LogP contribution is 2.38. The first kappa shape index (κ1) is 13.4. The fourth-order valence-electron chi connectivity index (χ4n) is 4.31. The fourth-order valence-corrected chi connectivity index (χ4v) is 4.31. The summed E-state index contributed by atoms with van der Waals surface area (Å²) in [5.41, 5.74) is 5.66. The molecule has 0 spiro atoms. The van der Waals surface area contributed by atoms with E-state index in [0.29, 0.717) is 18.6 Å². The van der Waals surface area contributed by atoms with Crippen LogP contribution in [0.3, 0.4) is 0 Å². The van der Waals surface area contributed by atoms with Gasteiger partial charge in [-0.15, -0.1) is 0 Å². The summed E-state index contributed by atoms with van der Waals surface area (Å²) in [4.78, 5) is 15.2. The second-order valence-corrected chi connectivity index (χ2v) is 6.66. The van der Waals surface area contributed by atoms with Gasteiger partial charge in [-0.25, -0.2) is 0 Å². The van der Waals surface area contributed by atoms with Crippen LogP contribution in [0.1, 0.15) is 51.4 Å². The first-order valence-electron chi connectivity index (χ1n) is 8.00. The molecular weight excluding hydrogens is 238 g/mol. The van der Waals surface area contributed by atoms with Crippen LogP contribution in [0.4, 0.5) is 0 Å². The normalized spacial score (nSPS) is 34.2. The predicted octanol–water partition coefficient (Wildman–Crippen LogP) is 1.25. The summed E-state index contributed by atoms with van der Waals surface area (Å²) in [7, 11) is 0. The zero-order chi connectivity index (χ0) is 13.3. The minimum absolute atomic E-state index is 0.241.